The van der Waals surface area contributed by atoms with Crippen LogP contribution >= 0.6 is 23.4 Å². The van der Waals surface area contributed by atoms with Crippen molar-refractivity contribution in [3.05, 3.63) is 35.6 Å². The number of nitrogens with two attached hydrogens (primary N) is 1. The van der Waals surface area contributed by atoms with E-state index in [2.05, 4.69) is 9.97 Å². The van der Waals surface area contributed by atoms with Gasteiger partial charge in [-0.25, -0.2) is 4.98 Å². The van der Waals surface area contributed by atoms with Gasteiger partial charge < -0.3 is 10.5 Å². The average Bonchev–Trinajstić information content (AvgIpc) is 2.36. The summed E-state index contributed by atoms with van der Waals surface area (Å²) in [6.45, 7) is 3.84. The normalized spacial score (nSPS) is 10.7. The Balaban J connectivity index is 2.28. The standard InChI is InChI=1S/C13H14ClN3OS/c1-8(2)18-12-11(15)13(17-7-16-12)19-10-6-4-3-5-9(10)14/h3-8H,15H2,1-2H3. The minimum atomic E-state index is 0.00960. The van der Waals surface area contributed by atoms with Gasteiger partial charge in [-0.15, -0.1) is 0 Å². The van der Waals surface area contributed by atoms with Crippen LogP contribution in [0.3, 0.4) is 0 Å². The van der Waals surface area contributed by atoms with Gasteiger partial charge in [-0.05, 0) is 26.0 Å². The van der Waals surface area contributed by atoms with Crippen LogP contribution in [0.2, 0.25) is 5.02 Å². The SMILES string of the molecule is CC(C)Oc1ncnc(Sc2ccccc2Cl)c1N. The second-order valence-electron chi connectivity index (χ2n) is 4.10. The predicted molar refractivity (Wildman–Crippen MR) is 77.8 cm³/mol. The summed E-state index contributed by atoms with van der Waals surface area (Å²) in [5.41, 5.74) is 6.45. The first-order chi connectivity index (χ1) is 9.08. The van der Waals surface area contributed by atoms with Crippen molar-refractivity contribution in [2.45, 2.75) is 29.9 Å². The molecule has 2 aromatic rings. The fraction of sp³-hybridized carbons (Fsp3) is 0.231. The third-order valence-corrected chi connectivity index (χ3v) is 3.74. The predicted octanol–water partition coefficient (Wildman–Crippen LogP) is 3.65. The number of hydrogen-bond acceptors (Lipinski definition) is 5. The molecule has 0 saturated heterocycles. The van der Waals surface area contributed by atoms with Crippen molar-refractivity contribution >= 4 is 29.1 Å². The summed E-state index contributed by atoms with van der Waals surface area (Å²) in [4.78, 5) is 9.10. The Morgan fingerprint density at radius 1 is 1.26 bits per heavy atom. The Hall–Kier alpha value is -1.46. The molecule has 4 nitrogen and oxygen atoms in total. The quantitative estimate of drug-likeness (QED) is 0.872. The Bertz CT molecular complexity index is 578. The molecule has 2 rings (SSSR count). The topological polar surface area (TPSA) is 61.0 Å². The first-order valence-corrected chi connectivity index (χ1v) is 6.97. The van der Waals surface area contributed by atoms with Crippen molar-refractivity contribution in [2.24, 2.45) is 0 Å². The first-order valence-electron chi connectivity index (χ1n) is 5.77. The Morgan fingerprint density at radius 3 is 2.68 bits per heavy atom. The van der Waals surface area contributed by atoms with Gasteiger partial charge in [0.15, 0.2) is 0 Å². The molecule has 0 atom stereocenters. The van der Waals surface area contributed by atoms with E-state index in [1.807, 2.05) is 38.1 Å². The highest BCUT2D eigenvalue weighted by Crippen LogP contribution is 2.37. The van der Waals surface area contributed by atoms with Crippen molar-refractivity contribution in [1.29, 1.82) is 0 Å². The maximum absolute atomic E-state index is 6.11. The molecule has 6 heteroatoms. The van der Waals surface area contributed by atoms with E-state index in [0.717, 1.165) is 4.90 Å². The number of anilines is 1. The van der Waals surface area contributed by atoms with E-state index < -0.39 is 0 Å². The summed E-state index contributed by atoms with van der Waals surface area (Å²) in [6, 6.07) is 7.53. The number of halogens is 1. The van der Waals surface area contributed by atoms with Crippen molar-refractivity contribution in [3.8, 4) is 5.88 Å². The lowest BCUT2D eigenvalue weighted by Crippen LogP contribution is -2.09. The molecule has 0 radical (unpaired) electrons. The number of rotatable bonds is 4. The smallest absolute Gasteiger partial charge is 0.241 e. The molecule has 0 unspecified atom stereocenters. The number of benzene rings is 1. The largest absolute Gasteiger partial charge is 0.473 e. The molecule has 0 aliphatic heterocycles. The van der Waals surface area contributed by atoms with Gasteiger partial charge in [-0.2, -0.15) is 4.98 Å². The molecule has 1 aromatic carbocycles. The molecule has 0 spiro atoms. The van der Waals surface area contributed by atoms with Crippen LogP contribution in [0.15, 0.2) is 40.5 Å². The highest BCUT2D eigenvalue weighted by Gasteiger charge is 2.13. The average molecular weight is 296 g/mol. The van der Waals surface area contributed by atoms with Gasteiger partial charge in [-0.3, -0.25) is 0 Å². The Morgan fingerprint density at radius 2 is 2.00 bits per heavy atom. The lowest BCUT2D eigenvalue weighted by molar-refractivity contribution is 0.233. The monoisotopic (exact) mass is 295 g/mol. The zero-order valence-corrected chi connectivity index (χ0v) is 12.2. The zero-order chi connectivity index (χ0) is 13.8. The molecular formula is C13H14ClN3OS. The van der Waals surface area contributed by atoms with Crippen LogP contribution < -0.4 is 10.5 Å². The summed E-state index contributed by atoms with van der Waals surface area (Å²) in [5, 5.41) is 1.30. The van der Waals surface area contributed by atoms with Gasteiger partial charge in [0.2, 0.25) is 5.88 Å². The van der Waals surface area contributed by atoms with Gasteiger partial charge in [-0.1, -0.05) is 35.5 Å². The second-order valence-corrected chi connectivity index (χ2v) is 5.53. The van der Waals surface area contributed by atoms with Crippen LogP contribution in [0, 0.1) is 0 Å². The fourth-order valence-electron chi connectivity index (χ4n) is 1.39. The lowest BCUT2D eigenvalue weighted by atomic mass is 10.4. The van der Waals surface area contributed by atoms with E-state index in [1.54, 1.807) is 0 Å². The van der Waals surface area contributed by atoms with Gasteiger partial charge in [0, 0.05) is 4.90 Å². The molecule has 19 heavy (non-hydrogen) atoms. The van der Waals surface area contributed by atoms with E-state index in [9.17, 15) is 0 Å². The highest BCUT2D eigenvalue weighted by atomic mass is 35.5. The van der Waals surface area contributed by atoms with Crippen LogP contribution in [0.4, 0.5) is 5.69 Å². The van der Waals surface area contributed by atoms with Gasteiger partial charge >= 0.3 is 0 Å². The number of hydrogen-bond donors (Lipinski definition) is 1. The molecular weight excluding hydrogens is 282 g/mol. The van der Waals surface area contributed by atoms with E-state index >= 15 is 0 Å². The van der Waals surface area contributed by atoms with Crippen LogP contribution in [0.1, 0.15) is 13.8 Å². The summed E-state index contributed by atoms with van der Waals surface area (Å²) in [6.07, 6.45) is 1.45. The summed E-state index contributed by atoms with van der Waals surface area (Å²) < 4.78 is 5.53. The van der Waals surface area contributed by atoms with Crippen molar-refractivity contribution in [2.75, 3.05) is 5.73 Å². The van der Waals surface area contributed by atoms with Crippen molar-refractivity contribution in [3.63, 3.8) is 0 Å². The summed E-state index contributed by atoms with van der Waals surface area (Å²) in [7, 11) is 0. The molecule has 0 saturated carbocycles. The van der Waals surface area contributed by atoms with Crippen LogP contribution in [-0.4, -0.2) is 16.1 Å². The molecule has 1 aromatic heterocycles. The number of ether oxygens (including phenoxy) is 1. The molecule has 0 aliphatic rings. The minimum absolute atomic E-state index is 0.00960. The van der Waals surface area contributed by atoms with Crippen molar-refractivity contribution < 1.29 is 4.74 Å². The van der Waals surface area contributed by atoms with Crippen molar-refractivity contribution in [1.82, 2.24) is 9.97 Å². The van der Waals surface area contributed by atoms with Crippen LogP contribution in [0.5, 0.6) is 5.88 Å². The van der Waals surface area contributed by atoms with Gasteiger partial charge in [0.25, 0.3) is 0 Å². The van der Waals surface area contributed by atoms with Crippen LogP contribution in [0.25, 0.3) is 0 Å². The highest BCUT2D eigenvalue weighted by molar-refractivity contribution is 7.99. The number of aromatic nitrogens is 2. The summed E-state index contributed by atoms with van der Waals surface area (Å²) in [5.74, 6) is 0.402. The molecule has 0 amide bonds. The Labute approximate surface area is 121 Å². The van der Waals surface area contributed by atoms with Crippen LogP contribution in [-0.2, 0) is 0 Å². The van der Waals surface area contributed by atoms with E-state index in [4.69, 9.17) is 22.1 Å². The van der Waals surface area contributed by atoms with E-state index in [1.165, 1.54) is 18.1 Å². The molecule has 0 bridgehead atoms. The third kappa shape index (κ3) is 3.52. The molecule has 100 valence electrons. The lowest BCUT2D eigenvalue weighted by Gasteiger charge is -2.12. The first kappa shape index (κ1) is 14.0. The minimum Gasteiger partial charge on any atom is -0.473 e. The maximum atomic E-state index is 6.11. The Kier molecular flexibility index (Phi) is 4.50. The third-order valence-electron chi connectivity index (χ3n) is 2.20. The summed E-state index contributed by atoms with van der Waals surface area (Å²) >= 11 is 7.51. The van der Waals surface area contributed by atoms with E-state index in [-0.39, 0.29) is 6.10 Å². The zero-order valence-electron chi connectivity index (χ0n) is 10.6. The number of nitrogen functional groups attached to an aromatic ring is 1. The maximum Gasteiger partial charge on any atom is 0.241 e. The number of nitrogens with zero attached hydrogens (tertiary/aromatic N) is 2. The molecule has 2 N–H and O–H groups in total. The van der Waals surface area contributed by atoms with E-state index in [0.29, 0.717) is 21.6 Å². The second kappa shape index (κ2) is 6.12. The molecule has 0 aliphatic carbocycles. The van der Waals surface area contributed by atoms with Gasteiger partial charge in [0.1, 0.15) is 17.0 Å². The fourth-order valence-corrected chi connectivity index (χ4v) is 2.46. The molecule has 1 heterocycles. The van der Waals surface area contributed by atoms with Gasteiger partial charge in [0.05, 0.1) is 11.1 Å². The molecule has 0 fully saturated rings.